The van der Waals surface area contributed by atoms with E-state index >= 15 is 0 Å². The molecular formula is C25H44N6O11. The number of rotatable bonds is 19. The van der Waals surface area contributed by atoms with Gasteiger partial charge in [0.25, 0.3) is 0 Å². The number of hydrogen-bond acceptors (Lipinski definition) is 10. The van der Waals surface area contributed by atoms with Crippen molar-refractivity contribution in [1.29, 1.82) is 0 Å². The molecule has 0 spiro atoms. The van der Waals surface area contributed by atoms with Gasteiger partial charge in [0.05, 0.1) is 25.3 Å². The van der Waals surface area contributed by atoms with E-state index in [1.807, 2.05) is 5.32 Å². The maximum atomic E-state index is 13.2. The second-order valence-corrected chi connectivity index (χ2v) is 10.2. The van der Waals surface area contributed by atoms with Crippen LogP contribution in [0.5, 0.6) is 0 Å². The number of hydrogen-bond donors (Lipinski definition) is 10. The molecule has 0 saturated heterocycles. The van der Waals surface area contributed by atoms with Crippen molar-refractivity contribution in [3.05, 3.63) is 0 Å². The summed E-state index contributed by atoms with van der Waals surface area (Å²) >= 11 is 0. The first kappa shape index (κ1) is 38.2. The van der Waals surface area contributed by atoms with Crippen LogP contribution < -0.4 is 32.3 Å². The number of carboxylic acids is 2. The van der Waals surface area contributed by atoms with Gasteiger partial charge in [-0.15, -0.1) is 0 Å². The smallest absolute Gasteiger partial charge is 0.328 e. The Hall–Kier alpha value is -3.83. The SMILES string of the molecule is CC[C@H](C)[C@H](NC(=O)[C@@H](NC(=O)[C@@H](N)CCC(=O)O)C(C)C)C(=O)N[C@H](C(=O)NCC(=O)N[C@@H](CO)C(=O)O)[C@@H](C)O. The summed E-state index contributed by atoms with van der Waals surface area (Å²) in [5.41, 5.74) is 5.74. The van der Waals surface area contributed by atoms with Gasteiger partial charge in [-0.25, -0.2) is 4.79 Å². The van der Waals surface area contributed by atoms with Crippen LogP contribution in [0.1, 0.15) is 53.9 Å². The molecule has 17 heteroatoms. The third-order valence-corrected chi connectivity index (χ3v) is 6.35. The molecule has 0 radical (unpaired) electrons. The summed E-state index contributed by atoms with van der Waals surface area (Å²) in [5, 5.41) is 48.3. The number of nitrogens with two attached hydrogens (primary N) is 1. The zero-order chi connectivity index (χ0) is 32.7. The minimum Gasteiger partial charge on any atom is -0.481 e. The largest absolute Gasteiger partial charge is 0.481 e. The number of carbonyl (C=O) groups is 7. The summed E-state index contributed by atoms with van der Waals surface area (Å²) in [6.07, 6.45) is -1.56. The molecule has 0 heterocycles. The third kappa shape index (κ3) is 13.2. The molecule has 0 unspecified atom stereocenters. The van der Waals surface area contributed by atoms with E-state index in [2.05, 4.69) is 21.3 Å². The Morgan fingerprint density at radius 2 is 1.29 bits per heavy atom. The van der Waals surface area contributed by atoms with Gasteiger partial charge >= 0.3 is 11.9 Å². The summed E-state index contributed by atoms with van der Waals surface area (Å²) in [6.45, 7) is 6.25. The maximum absolute atomic E-state index is 13.2. The Morgan fingerprint density at radius 1 is 0.762 bits per heavy atom. The van der Waals surface area contributed by atoms with E-state index in [0.717, 1.165) is 0 Å². The van der Waals surface area contributed by atoms with Gasteiger partial charge in [-0.2, -0.15) is 0 Å². The van der Waals surface area contributed by atoms with Gasteiger partial charge in [0.15, 0.2) is 0 Å². The van der Waals surface area contributed by atoms with Crippen molar-refractivity contribution in [1.82, 2.24) is 26.6 Å². The Bertz CT molecular complexity index is 975. The van der Waals surface area contributed by atoms with Crippen LogP contribution in [-0.4, -0.2) is 111 Å². The average Bonchev–Trinajstić information content (AvgIpc) is 2.91. The topological polar surface area (TPSA) is 287 Å². The van der Waals surface area contributed by atoms with Crippen LogP contribution in [0.25, 0.3) is 0 Å². The van der Waals surface area contributed by atoms with Crippen molar-refractivity contribution in [3.63, 3.8) is 0 Å². The number of amides is 5. The van der Waals surface area contributed by atoms with Gasteiger partial charge in [-0.3, -0.25) is 28.8 Å². The molecule has 5 amide bonds. The Balaban J connectivity index is 5.57. The molecule has 240 valence electrons. The average molecular weight is 605 g/mol. The van der Waals surface area contributed by atoms with Crippen molar-refractivity contribution in [3.8, 4) is 0 Å². The monoisotopic (exact) mass is 604 g/mol. The van der Waals surface area contributed by atoms with Crippen molar-refractivity contribution in [2.75, 3.05) is 13.2 Å². The molecule has 0 aliphatic rings. The first-order valence-corrected chi connectivity index (χ1v) is 13.4. The summed E-state index contributed by atoms with van der Waals surface area (Å²) in [6, 6.07) is -6.72. The Kier molecular flexibility index (Phi) is 16.9. The predicted molar refractivity (Wildman–Crippen MR) is 146 cm³/mol. The Morgan fingerprint density at radius 3 is 1.74 bits per heavy atom. The van der Waals surface area contributed by atoms with Gasteiger partial charge in [0.1, 0.15) is 24.2 Å². The quantitative estimate of drug-likeness (QED) is 0.0684. The van der Waals surface area contributed by atoms with E-state index in [4.69, 9.17) is 21.1 Å². The van der Waals surface area contributed by atoms with Crippen molar-refractivity contribution < 1.29 is 54.0 Å². The van der Waals surface area contributed by atoms with Crippen molar-refractivity contribution in [2.45, 2.75) is 90.2 Å². The molecule has 11 N–H and O–H groups in total. The van der Waals surface area contributed by atoms with Crippen LogP contribution in [0.4, 0.5) is 0 Å². The van der Waals surface area contributed by atoms with Gasteiger partial charge in [-0.05, 0) is 25.2 Å². The lowest BCUT2D eigenvalue weighted by atomic mass is 9.95. The third-order valence-electron chi connectivity index (χ3n) is 6.35. The Labute approximate surface area is 243 Å². The van der Waals surface area contributed by atoms with E-state index in [9.17, 15) is 38.7 Å². The molecule has 0 aromatic heterocycles. The van der Waals surface area contributed by atoms with Crippen LogP contribution in [0.15, 0.2) is 0 Å². The normalized spacial score (nSPS) is 16.0. The van der Waals surface area contributed by atoms with E-state index < -0.39 is 103 Å². The second-order valence-electron chi connectivity index (χ2n) is 10.2. The van der Waals surface area contributed by atoms with Gasteiger partial charge < -0.3 is 52.7 Å². The molecular weight excluding hydrogens is 560 g/mol. The summed E-state index contributed by atoms with van der Waals surface area (Å²) in [7, 11) is 0. The van der Waals surface area contributed by atoms with Gasteiger partial charge in [0, 0.05) is 6.42 Å². The van der Waals surface area contributed by atoms with Gasteiger partial charge in [0.2, 0.25) is 29.5 Å². The number of carbonyl (C=O) groups excluding carboxylic acids is 5. The minimum absolute atomic E-state index is 0.155. The first-order valence-electron chi connectivity index (χ1n) is 13.4. The molecule has 0 saturated carbocycles. The molecule has 0 aromatic rings. The lowest BCUT2D eigenvalue weighted by Gasteiger charge is -2.30. The molecule has 0 bridgehead atoms. The fraction of sp³-hybridized carbons (Fsp3) is 0.720. The first-order chi connectivity index (χ1) is 19.5. The molecule has 42 heavy (non-hydrogen) atoms. The van der Waals surface area contributed by atoms with Crippen LogP contribution in [0, 0.1) is 11.8 Å². The molecule has 0 fully saturated rings. The number of aliphatic carboxylic acids is 2. The van der Waals surface area contributed by atoms with Crippen LogP contribution in [0.2, 0.25) is 0 Å². The van der Waals surface area contributed by atoms with E-state index in [-0.39, 0.29) is 12.8 Å². The van der Waals surface area contributed by atoms with E-state index in [1.165, 1.54) is 6.92 Å². The molecule has 0 aromatic carbocycles. The molecule has 0 rings (SSSR count). The number of nitrogens with one attached hydrogen (secondary N) is 5. The van der Waals surface area contributed by atoms with Crippen molar-refractivity contribution in [2.24, 2.45) is 17.6 Å². The summed E-state index contributed by atoms with van der Waals surface area (Å²) in [5.74, 6) is -7.85. The highest BCUT2D eigenvalue weighted by Crippen LogP contribution is 2.11. The van der Waals surface area contributed by atoms with E-state index in [0.29, 0.717) is 6.42 Å². The van der Waals surface area contributed by atoms with Crippen LogP contribution >= 0.6 is 0 Å². The summed E-state index contributed by atoms with van der Waals surface area (Å²) in [4.78, 5) is 85.1. The number of aliphatic hydroxyl groups excluding tert-OH is 2. The van der Waals surface area contributed by atoms with Crippen molar-refractivity contribution >= 4 is 41.5 Å². The lowest BCUT2D eigenvalue weighted by Crippen LogP contribution is -2.61. The van der Waals surface area contributed by atoms with Crippen LogP contribution in [0.3, 0.4) is 0 Å². The van der Waals surface area contributed by atoms with E-state index in [1.54, 1.807) is 27.7 Å². The second kappa shape index (κ2) is 18.6. The highest BCUT2D eigenvalue weighted by molar-refractivity contribution is 5.96. The molecule has 0 aliphatic heterocycles. The maximum Gasteiger partial charge on any atom is 0.328 e. The highest BCUT2D eigenvalue weighted by Gasteiger charge is 2.35. The highest BCUT2D eigenvalue weighted by atomic mass is 16.4. The number of aliphatic hydroxyl groups is 2. The molecule has 7 atom stereocenters. The fourth-order valence-electron chi connectivity index (χ4n) is 3.51. The standard InChI is InChI=1S/C25H44N6O11/c1-6-12(4)19(30-23(39)18(11(2)3)29-21(37)14(26)7-8-17(35)36)24(40)31-20(13(5)33)22(38)27-9-16(34)28-15(10-32)25(41)42/h11-15,18-20,32-33H,6-10,26H2,1-5H3,(H,27,38)(H,28,34)(H,29,37)(H,30,39)(H,31,40)(H,35,36)(H,41,42)/t12-,13+,14-,15-,18-,19-,20-/m0/s1. The zero-order valence-corrected chi connectivity index (χ0v) is 24.4. The lowest BCUT2D eigenvalue weighted by molar-refractivity contribution is -0.143. The van der Waals surface area contributed by atoms with Crippen LogP contribution in [-0.2, 0) is 33.6 Å². The minimum atomic E-state index is -1.60. The van der Waals surface area contributed by atoms with Gasteiger partial charge in [-0.1, -0.05) is 34.1 Å². The molecule has 0 aliphatic carbocycles. The zero-order valence-electron chi connectivity index (χ0n) is 24.4. The fourth-order valence-corrected chi connectivity index (χ4v) is 3.51. The number of carboxylic acid groups (broad SMARTS) is 2. The summed E-state index contributed by atoms with van der Waals surface area (Å²) < 4.78 is 0. The predicted octanol–water partition coefficient (Wildman–Crippen LogP) is -3.61. The molecule has 17 nitrogen and oxygen atoms in total.